The number of hydrogen-bond acceptors (Lipinski definition) is 10. The van der Waals surface area contributed by atoms with E-state index in [1.54, 1.807) is 25.1 Å². The van der Waals surface area contributed by atoms with E-state index >= 15 is 0 Å². The van der Waals surface area contributed by atoms with Crippen molar-refractivity contribution >= 4 is 29.5 Å². The number of carbonyl (C=O) groups excluding carboxylic acids is 2. The van der Waals surface area contributed by atoms with E-state index in [9.17, 15) is 9.59 Å². The zero-order valence-corrected chi connectivity index (χ0v) is 35.7. The van der Waals surface area contributed by atoms with E-state index in [-0.39, 0.29) is 19.3 Å². The molecule has 53 heavy (non-hydrogen) atoms. The molecule has 294 valence electrons. The lowest BCUT2D eigenvalue weighted by atomic mass is 9.45. The van der Waals surface area contributed by atoms with E-state index in [2.05, 4.69) is 68.1 Å². The van der Waals surface area contributed by atoms with Gasteiger partial charge < -0.3 is 37.3 Å². The van der Waals surface area contributed by atoms with Gasteiger partial charge >= 0.3 is 12.1 Å². The molecule has 0 N–H and O–H groups in total. The average molecular weight is 771 g/mol. The van der Waals surface area contributed by atoms with Crippen LogP contribution in [0.25, 0.3) is 0 Å². The third-order valence-corrected chi connectivity index (χ3v) is 19.2. The van der Waals surface area contributed by atoms with Gasteiger partial charge in [-0.05, 0) is 87.3 Å². The second-order valence-electron chi connectivity index (χ2n) is 16.8. The average Bonchev–Trinajstić information content (AvgIpc) is 3.55. The molecule has 12 heteroatoms. The molecule has 2 aliphatic heterocycles. The van der Waals surface area contributed by atoms with Crippen molar-refractivity contribution in [1.29, 1.82) is 0 Å². The summed E-state index contributed by atoms with van der Waals surface area (Å²) in [6.07, 6.45) is -0.743. The van der Waals surface area contributed by atoms with Crippen molar-refractivity contribution in [2.24, 2.45) is 16.7 Å². The van der Waals surface area contributed by atoms with Gasteiger partial charge in [-0.3, -0.25) is 0 Å². The zero-order valence-electron chi connectivity index (χ0n) is 33.5. The summed E-state index contributed by atoms with van der Waals surface area (Å²) in [6, 6.07) is 12.0. The maximum atomic E-state index is 14.6. The topological polar surface area (TPSA) is 108 Å². The van der Waals surface area contributed by atoms with Gasteiger partial charge in [-0.1, -0.05) is 66.3 Å². The molecular formula is C41H62O10Si2. The molecule has 4 fully saturated rings. The number of benzene rings is 1. The summed E-state index contributed by atoms with van der Waals surface area (Å²) in [4.78, 5) is 28.2. The van der Waals surface area contributed by atoms with Gasteiger partial charge in [-0.2, -0.15) is 0 Å². The number of ether oxygens (including phenoxy) is 6. The molecule has 2 bridgehead atoms. The quantitative estimate of drug-likeness (QED) is 0.118. The van der Waals surface area contributed by atoms with Crippen molar-refractivity contribution in [3.63, 3.8) is 0 Å². The first-order valence-electron chi connectivity index (χ1n) is 19.9. The van der Waals surface area contributed by atoms with Gasteiger partial charge in [0.25, 0.3) is 0 Å². The fourth-order valence-corrected chi connectivity index (χ4v) is 15.0. The van der Waals surface area contributed by atoms with Gasteiger partial charge in [0.15, 0.2) is 29.2 Å². The third-order valence-electron chi connectivity index (χ3n) is 13.6. The Morgan fingerprint density at radius 1 is 1.04 bits per heavy atom. The van der Waals surface area contributed by atoms with E-state index in [4.69, 9.17) is 37.3 Å². The number of esters is 1. The molecule has 6 rings (SSSR count). The van der Waals surface area contributed by atoms with E-state index in [0.29, 0.717) is 24.8 Å². The molecule has 0 amide bonds. The van der Waals surface area contributed by atoms with Gasteiger partial charge in [0, 0.05) is 17.3 Å². The summed E-state index contributed by atoms with van der Waals surface area (Å²) >= 11 is 0. The normalized spacial score (nSPS) is 37.3. The van der Waals surface area contributed by atoms with E-state index < -0.39 is 88.1 Å². The van der Waals surface area contributed by atoms with Crippen molar-refractivity contribution in [2.45, 2.75) is 154 Å². The minimum Gasteiger partial charge on any atom is -0.455 e. The first-order chi connectivity index (χ1) is 25.1. The first kappa shape index (κ1) is 40.3. The summed E-state index contributed by atoms with van der Waals surface area (Å²) in [5.74, 6) is -1.11. The predicted molar refractivity (Wildman–Crippen MR) is 207 cm³/mol. The number of rotatable bonds is 12. The van der Waals surface area contributed by atoms with E-state index in [1.807, 2.05) is 18.2 Å². The second kappa shape index (κ2) is 15.0. The highest BCUT2D eigenvalue weighted by molar-refractivity contribution is 6.73. The number of carbonyl (C=O) groups is 2. The summed E-state index contributed by atoms with van der Waals surface area (Å²) in [6.45, 7) is 25.9. The van der Waals surface area contributed by atoms with Crippen molar-refractivity contribution in [3.8, 4) is 0 Å². The van der Waals surface area contributed by atoms with Crippen LogP contribution in [0.3, 0.4) is 0 Å². The van der Waals surface area contributed by atoms with Crippen LogP contribution in [0.2, 0.25) is 31.2 Å². The Morgan fingerprint density at radius 2 is 1.72 bits per heavy atom. The van der Waals surface area contributed by atoms with Crippen LogP contribution in [0.5, 0.6) is 0 Å². The van der Waals surface area contributed by atoms with Crippen LogP contribution in [0, 0.1) is 16.7 Å². The Balaban J connectivity index is 1.69. The summed E-state index contributed by atoms with van der Waals surface area (Å²) in [5.41, 5.74) is -1.23. The molecule has 2 heterocycles. The van der Waals surface area contributed by atoms with Gasteiger partial charge in [0.2, 0.25) is 0 Å². The lowest BCUT2D eigenvalue weighted by Gasteiger charge is -2.69. The van der Waals surface area contributed by atoms with E-state index in [0.717, 1.165) is 29.3 Å². The molecule has 1 aromatic carbocycles. The van der Waals surface area contributed by atoms with Gasteiger partial charge in [0.05, 0.1) is 36.9 Å². The van der Waals surface area contributed by atoms with E-state index in [1.165, 1.54) is 0 Å². The Hall–Kier alpha value is -2.33. The molecule has 10 nitrogen and oxygen atoms in total. The molecule has 1 unspecified atom stereocenters. The van der Waals surface area contributed by atoms with Crippen LogP contribution < -0.4 is 0 Å². The monoisotopic (exact) mass is 770 g/mol. The zero-order chi connectivity index (χ0) is 38.6. The Bertz CT molecular complexity index is 1550. The third kappa shape index (κ3) is 6.41. The second-order valence-corrected chi connectivity index (χ2v) is 23.9. The van der Waals surface area contributed by atoms with Gasteiger partial charge in [-0.25, -0.2) is 9.59 Å². The van der Waals surface area contributed by atoms with Gasteiger partial charge in [0.1, 0.15) is 23.9 Å². The molecule has 3 aliphatic carbocycles. The highest BCUT2D eigenvalue weighted by atomic mass is 28.4. The van der Waals surface area contributed by atoms with Crippen LogP contribution in [-0.2, 0) is 37.3 Å². The van der Waals surface area contributed by atoms with Crippen LogP contribution in [0.1, 0.15) is 85.0 Å². The Labute approximate surface area is 319 Å². The van der Waals surface area contributed by atoms with Crippen LogP contribution in [-0.4, -0.2) is 90.7 Å². The smallest absolute Gasteiger partial charge is 0.455 e. The van der Waals surface area contributed by atoms with Crippen molar-refractivity contribution in [3.05, 3.63) is 59.7 Å². The summed E-state index contributed by atoms with van der Waals surface area (Å²) < 4.78 is 54.2. The van der Waals surface area contributed by atoms with Gasteiger partial charge in [-0.15, -0.1) is 0 Å². The maximum Gasteiger partial charge on any atom is 0.509 e. The van der Waals surface area contributed by atoms with Crippen molar-refractivity contribution in [2.75, 3.05) is 13.2 Å². The highest BCUT2D eigenvalue weighted by Crippen LogP contribution is 2.67. The Kier molecular flexibility index (Phi) is 11.4. The number of hydrogen-bond donors (Lipinski definition) is 0. The maximum absolute atomic E-state index is 14.6. The molecule has 2 saturated heterocycles. The van der Waals surface area contributed by atoms with Crippen molar-refractivity contribution < 1.29 is 46.9 Å². The van der Waals surface area contributed by atoms with Crippen LogP contribution in [0.15, 0.2) is 54.1 Å². The summed E-state index contributed by atoms with van der Waals surface area (Å²) in [7, 11) is -4.12. The lowest BCUT2D eigenvalue weighted by molar-refractivity contribution is -0.342. The molecule has 10 atom stereocenters. The molecule has 2 saturated carbocycles. The SMILES string of the molecule is C=CC1O[C@@H]2C3=C(C)[C@@H](O[Si](CC)(CC)CC)C[C@@](O[SiH](C)C)([C@@H](OC(=O)c4ccccc4)[C@H]4[C@@](C)(CC[C@H]5OC[C@]54OC(=O)OCC)[C@@H]2O1)C3(C)C. The molecule has 0 aromatic heterocycles. The number of fused-ring (bicyclic) bond motifs is 8. The summed E-state index contributed by atoms with van der Waals surface area (Å²) in [5, 5.41) is 0. The first-order valence-corrected chi connectivity index (χ1v) is 25.2. The fourth-order valence-electron chi connectivity index (χ4n) is 10.8. The fraction of sp³-hybridized carbons (Fsp3) is 0.707. The predicted octanol–water partition coefficient (Wildman–Crippen LogP) is 8.12. The molecule has 0 radical (unpaired) electrons. The van der Waals surface area contributed by atoms with Crippen LogP contribution in [0.4, 0.5) is 4.79 Å². The molecular weight excluding hydrogens is 709 g/mol. The molecule has 0 spiro atoms. The van der Waals surface area contributed by atoms with Crippen LogP contribution >= 0.6 is 0 Å². The largest absolute Gasteiger partial charge is 0.509 e. The molecule has 5 aliphatic rings. The standard InChI is InChI=1S/C41H62O10Si2/c1-12-30-46-32-31-26(6)28(50-53(14-3,15-4)16-5)24-41(38(31,7)8,51-52(10)11)35(48-36(42)27-20-18-17-19-21-27)33-39(9,34(32)47-30)23-22-29-40(33,25-45-29)49-37(43)44-13-2/h12,17-21,28-30,32-35,52H,1,13-16,22-25H2,2-11H3/t28-,29+,30?,32+,33-,34+,35-,39+,40-,41+/m0/s1. The highest BCUT2D eigenvalue weighted by Gasteiger charge is 2.77. The lowest BCUT2D eigenvalue weighted by Crippen LogP contribution is -2.80. The molecule has 1 aromatic rings. The minimum atomic E-state index is -2.19. The van der Waals surface area contributed by atoms with Crippen molar-refractivity contribution in [1.82, 2.24) is 0 Å². The Morgan fingerprint density at radius 3 is 2.28 bits per heavy atom. The minimum absolute atomic E-state index is 0.119.